The Bertz CT molecular complexity index is 471. The minimum Gasteiger partial charge on any atom is -0.487 e. The SMILES string of the molecule is Fc1ccc(Br)cc1OC1CC(Br)C12CCCCC2. The van der Waals surface area contributed by atoms with Gasteiger partial charge in [0.25, 0.3) is 0 Å². The molecule has 0 N–H and O–H groups in total. The first kappa shape index (κ1) is 13.9. The monoisotopic (exact) mass is 390 g/mol. The number of alkyl halides is 1. The van der Waals surface area contributed by atoms with Crippen molar-refractivity contribution in [1.29, 1.82) is 0 Å². The topological polar surface area (TPSA) is 9.23 Å². The highest BCUT2D eigenvalue weighted by molar-refractivity contribution is 9.10. The lowest BCUT2D eigenvalue weighted by molar-refractivity contribution is -0.0617. The maximum atomic E-state index is 13.8. The van der Waals surface area contributed by atoms with E-state index in [2.05, 4.69) is 31.9 Å². The lowest BCUT2D eigenvalue weighted by Gasteiger charge is -2.55. The van der Waals surface area contributed by atoms with Gasteiger partial charge in [0.05, 0.1) is 0 Å². The van der Waals surface area contributed by atoms with Crippen LogP contribution in [-0.4, -0.2) is 10.9 Å². The van der Waals surface area contributed by atoms with E-state index in [9.17, 15) is 4.39 Å². The molecule has 1 aromatic rings. The maximum absolute atomic E-state index is 13.8. The fourth-order valence-electron chi connectivity index (χ4n) is 3.43. The van der Waals surface area contributed by atoms with Crippen LogP contribution in [0.15, 0.2) is 22.7 Å². The van der Waals surface area contributed by atoms with Crippen LogP contribution < -0.4 is 4.74 Å². The van der Waals surface area contributed by atoms with E-state index in [1.165, 1.54) is 38.2 Å². The van der Waals surface area contributed by atoms with Crippen LogP contribution in [0.5, 0.6) is 5.75 Å². The summed E-state index contributed by atoms with van der Waals surface area (Å²) in [6.45, 7) is 0. The summed E-state index contributed by atoms with van der Waals surface area (Å²) in [4.78, 5) is 0.528. The third-order valence-electron chi connectivity index (χ3n) is 4.63. The van der Waals surface area contributed by atoms with Crippen LogP contribution in [0.3, 0.4) is 0 Å². The van der Waals surface area contributed by atoms with Crippen molar-refractivity contribution in [1.82, 2.24) is 0 Å². The molecule has 2 aliphatic rings. The fourth-order valence-corrected chi connectivity index (χ4v) is 4.86. The normalized spacial score (nSPS) is 29.0. The lowest BCUT2D eigenvalue weighted by Crippen LogP contribution is -2.57. The summed E-state index contributed by atoms with van der Waals surface area (Å²) in [5.74, 6) is 0.107. The van der Waals surface area contributed by atoms with Gasteiger partial charge in [0.1, 0.15) is 6.10 Å². The van der Waals surface area contributed by atoms with Crippen molar-refractivity contribution in [3.05, 3.63) is 28.5 Å². The second-order valence-corrected chi connectivity index (χ2v) is 7.70. The molecule has 2 saturated carbocycles. The van der Waals surface area contributed by atoms with Crippen molar-refractivity contribution in [2.75, 3.05) is 0 Å². The van der Waals surface area contributed by atoms with Crippen molar-refractivity contribution in [3.63, 3.8) is 0 Å². The summed E-state index contributed by atoms with van der Waals surface area (Å²) in [5.41, 5.74) is 0.229. The molecular formula is C15H17Br2FO. The highest BCUT2D eigenvalue weighted by Crippen LogP contribution is 2.56. The number of benzene rings is 1. The van der Waals surface area contributed by atoms with Gasteiger partial charge in [-0.3, -0.25) is 0 Å². The molecule has 0 radical (unpaired) electrons. The number of hydrogen-bond acceptors (Lipinski definition) is 1. The minimum absolute atomic E-state index is 0.154. The van der Waals surface area contributed by atoms with Gasteiger partial charge in [-0.1, -0.05) is 51.1 Å². The molecular weight excluding hydrogens is 375 g/mol. The van der Waals surface area contributed by atoms with Crippen LogP contribution in [0, 0.1) is 11.2 Å². The van der Waals surface area contributed by atoms with E-state index in [1.54, 1.807) is 12.1 Å². The molecule has 1 aromatic carbocycles. The van der Waals surface area contributed by atoms with E-state index in [0.717, 1.165) is 10.9 Å². The van der Waals surface area contributed by atoms with E-state index in [-0.39, 0.29) is 17.3 Å². The molecule has 2 fully saturated rings. The summed E-state index contributed by atoms with van der Waals surface area (Å²) in [5, 5.41) is 0. The zero-order chi connectivity index (χ0) is 13.5. The molecule has 0 amide bonds. The number of ether oxygens (including phenoxy) is 1. The second kappa shape index (κ2) is 5.36. The largest absolute Gasteiger partial charge is 0.487 e. The number of rotatable bonds is 2. The van der Waals surface area contributed by atoms with Crippen molar-refractivity contribution in [3.8, 4) is 5.75 Å². The van der Waals surface area contributed by atoms with Gasteiger partial charge < -0.3 is 4.74 Å². The van der Waals surface area contributed by atoms with Gasteiger partial charge in [-0.15, -0.1) is 0 Å². The van der Waals surface area contributed by atoms with Crippen LogP contribution in [0.25, 0.3) is 0 Å². The average molecular weight is 392 g/mol. The third-order valence-corrected chi connectivity index (χ3v) is 6.41. The Morgan fingerprint density at radius 3 is 2.63 bits per heavy atom. The third kappa shape index (κ3) is 2.46. The van der Waals surface area contributed by atoms with E-state index in [1.807, 2.05) is 0 Å². The Balaban J connectivity index is 1.78. The smallest absolute Gasteiger partial charge is 0.165 e. The van der Waals surface area contributed by atoms with Gasteiger partial charge in [-0.05, 0) is 37.5 Å². The van der Waals surface area contributed by atoms with Crippen LogP contribution in [0.4, 0.5) is 4.39 Å². The van der Waals surface area contributed by atoms with Crippen molar-refractivity contribution >= 4 is 31.9 Å². The molecule has 4 heteroatoms. The zero-order valence-corrected chi connectivity index (χ0v) is 13.8. The standard InChI is InChI=1S/C15H17Br2FO/c16-10-4-5-11(18)12(8-10)19-14-9-13(17)15(14)6-2-1-3-7-15/h4-5,8,13-14H,1-3,6-7,9H2. The highest BCUT2D eigenvalue weighted by atomic mass is 79.9. The lowest BCUT2D eigenvalue weighted by atomic mass is 9.58. The number of halogens is 3. The van der Waals surface area contributed by atoms with E-state index >= 15 is 0 Å². The Morgan fingerprint density at radius 2 is 1.95 bits per heavy atom. The molecule has 0 bridgehead atoms. The molecule has 2 unspecified atom stereocenters. The van der Waals surface area contributed by atoms with Crippen LogP contribution in [0.2, 0.25) is 0 Å². The van der Waals surface area contributed by atoms with Crippen LogP contribution in [0.1, 0.15) is 38.5 Å². The fraction of sp³-hybridized carbons (Fsp3) is 0.600. The first-order valence-electron chi connectivity index (χ1n) is 6.87. The van der Waals surface area contributed by atoms with Gasteiger partial charge in [0, 0.05) is 14.7 Å². The van der Waals surface area contributed by atoms with E-state index < -0.39 is 0 Å². The molecule has 0 heterocycles. The van der Waals surface area contributed by atoms with Crippen molar-refractivity contribution in [2.24, 2.45) is 5.41 Å². The van der Waals surface area contributed by atoms with Gasteiger partial charge in [-0.2, -0.15) is 0 Å². The molecule has 104 valence electrons. The van der Waals surface area contributed by atoms with Crippen molar-refractivity contribution < 1.29 is 9.13 Å². The summed E-state index contributed by atoms with van der Waals surface area (Å²) in [7, 11) is 0. The molecule has 0 aromatic heterocycles. The molecule has 0 aliphatic heterocycles. The van der Waals surface area contributed by atoms with E-state index in [4.69, 9.17) is 4.74 Å². The summed E-state index contributed by atoms with van der Waals surface area (Å²) in [6, 6.07) is 4.89. The molecule has 19 heavy (non-hydrogen) atoms. The van der Waals surface area contributed by atoms with Gasteiger partial charge in [0.2, 0.25) is 0 Å². The average Bonchev–Trinajstić information content (AvgIpc) is 2.43. The maximum Gasteiger partial charge on any atom is 0.165 e. The molecule has 3 rings (SSSR count). The molecule has 2 aliphatic carbocycles. The van der Waals surface area contributed by atoms with Crippen LogP contribution >= 0.6 is 31.9 Å². The first-order chi connectivity index (χ1) is 9.12. The second-order valence-electron chi connectivity index (χ2n) is 5.68. The summed E-state index contributed by atoms with van der Waals surface area (Å²) < 4.78 is 20.6. The summed E-state index contributed by atoms with van der Waals surface area (Å²) >= 11 is 7.15. The molecule has 2 atom stereocenters. The minimum atomic E-state index is -0.271. The van der Waals surface area contributed by atoms with E-state index in [0.29, 0.717) is 10.6 Å². The highest BCUT2D eigenvalue weighted by Gasteiger charge is 2.55. The predicted octanol–water partition coefficient (Wildman–Crippen LogP) is 5.45. The Labute approximate surface area is 130 Å². The Kier molecular flexibility index (Phi) is 3.91. The quantitative estimate of drug-likeness (QED) is 0.608. The van der Waals surface area contributed by atoms with Crippen molar-refractivity contribution in [2.45, 2.75) is 49.5 Å². The summed E-state index contributed by atoms with van der Waals surface area (Å²) in [6.07, 6.45) is 7.38. The molecule has 1 nitrogen and oxygen atoms in total. The Morgan fingerprint density at radius 1 is 1.21 bits per heavy atom. The number of hydrogen-bond donors (Lipinski definition) is 0. The van der Waals surface area contributed by atoms with Crippen LogP contribution in [-0.2, 0) is 0 Å². The van der Waals surface area contributed by atoms with Gasteiger partial charge >= 0.3 is 0 Å². The molecule has 1 spiro atoms. The zero-order valence-electron chi connectivity index (χ0n) is 10.7. The predicted molar refractivity (Wildman–Crippen MR) is 81.4 cm³/mol. The molecule has 0 saturated heterocycles. The first-order valence-corrected chi connectivity index (χ1v) is 8.58. The van der Waals surface area contributed by atoms with Gasteiger partial charge in [0.15, 0.2) is 11.6 Å². The van der Waals surface area contributed by atoms with Gasteiger partial charge in [-0.25, -0.2) is 4.39 Å². The Hall–Kier alpha value is -0.0900.